The van der Waals surface area contributed by atoms with Gasteiger partial charge in [0.15, 0.2) is 0 Å². The van der Waals surface area contributed by atoms with E-state index >= 15 is 0 Å². The number of carboxylic acid groups (broad SMARTS) is 2. The van der Waals surface area contributed by atoms with Gasteiger partial charge in [-0.15, -0.1) is 0 Å². The number of carbonyl (C=O) groups is 11. The molecule has 34 heteroatoms. The van der Waals surface area contributed by atoms with Gasteiger partial charge >= 0.3 is 42.4 Å². The van der Waals surface area contributed by atoms with Crippen molar-refractivity contribution in [2.45, 2.75) is 187 Å². The van der Waals surface area contributed by atoms with Crippen LogP contribution in [0.2, 0.25) is 0 Å². The number of methoxy groups -OCH3 is 3. The third kappa shape index (κ3) is 30.3. The molecule has 3 aromatic rings. The molecule has 582 valence electrons. The first-order valence-electron chi connectivity index (χ1n) is 33.7. The van der Waals surface area contributed by atoms with Gasteiger partial charge in [0.05, 0.1) is 55.8 Å². The van der Waals surface area contributed by atoms with Crippen LogP contribution in [0.4, 0.5) is 47.3 Å². The Balaban J connectivity index is 0.00000237. The summed E-state index contributed by atoms with van der Waals surface area (Å²) in [5.74, 6) is -9.97. The Labute approximate surface area is 602 Å². The van der Waals surface area contributed by atoms with E-state index < -0.39 is 121 Å². The average molecular weight is 1480 g/mol. The number of alkyl halides is 6. The lowest BCUT2D eigenvalue weighted by Gasteiger charge is -2.41. The molecule has 4 rings (SSSR count). The first-order chi connectivity index (χ1) is 48.5. The molecule has 28 nitrogen and oxygen atoms in total. The van der Waals surface area contributed by atoms with Crippen LogP contribution in [0, 0.1) is 29.6 Å². The fraction of sp³-hybridized carbons (Fsp3) is 0.586. The molecule has 1 saturated heterocycles. The van der Waals surface area contributed by atoms with E-state index in [2.05, 4.69) is 31.9 Å². The number of aliphatic carboxylic acids is 2. The zero-order chi connectivity index (χ0) is 79.1. The lowest BCUT2D eigenvalue weighted by Crippen LogP contribution is -2.60. The standard InChI is InChI=1S/C66H101N11O13.2C2HF3O2/c1-15-42(8)57(52(87-12)36-53(78)77-33-21-27-51(77)58(88-13)43(9)59(79)73-50(64(84)89-14)35-44-22-17-16-18-23-44)76(11)63(83)55(40(4)5)74-62(82)56(41(6)7)75(10)37-46-24-19-25-48(34-46)71-66(86)90-38-45-28-30-47(31-29-45)70-60(80)49(26-20-32-69-65(68)85)72-61(81)54(67)39(2)3;2*3-2(4,5)1(6)7/h16-19,22-25,28-31,34,39-43,49-52,54-58H,15,20-21,26-27,32-33,35-38,67H2,1-14H3,(H,70,80)(H,71,86)(H,72,81)(H,73,79)(H,74,82)(H3,68,69,85);2*(H,6,7)/t42-,43+,49-,50-,51-,52+,54-,55-,56-,57-,58+;;/m0../s1. The van der Waals surface area contributed by atoms with Crippen molar-refractivity contribution in [3.63, 3.8) is 0 Å². The average Bonchev–Trinajstić information content (AvgIpc) is 1.49. The van der Waals surface area contributed by atoms with E-state index in [0.717, 1.165) is 11.1 Å². The van der Waals surface area contributed by atoms with Crippen molar-refractivity contribution in [2.24, 2.45) is 41.1 Å². The Hall–Kier alpha value is -9.15. The number of likely N-dealkylation sites (tertiary alicyclic amines) is 1. The molecule has 9 amide bonds. The summed E-state index contributed by atoms with van der Waals surface area (Å²) in [6.07, 6.45) is -9.71. The minimum absolute atomic E-state index is 0.0712. The number of halogens is 6. The summed E-state index contributed by atoms with van der Waals surface area (Å²) in [5, 5.41) is 30.9. The van der Waals surface area contributed by atoms with E-state index in [9.17, 15) is 69.5 Å². The van der Waals surface area contributed by atoms with E-state index in [-0.39, 0.29) is 73.8 Å². The van der Waals surface area contributed by atoms with Crippen molar-refractivity contribution >= 4 is 76.9 Å². The van der Waals surface area contributed by atoms with Gasteiger partial charge in [-0.1, -0.05) is 123 Å². The number of nitrogens with zero attached hydrogens (tertiary/aromatic N) is 3. The third-order valence-corrected chi connectivity index (χ3v) is 17.3. The van der Waals surface area contributed by atoms with Crippen LogP contribution in [0.15, 0.2) is 78.9 Å². The van der Waals surface area contributed by atoms with Crippen LogP contribution in [0.5, 0.6) is 0 Å². The summed E-state index contributed by atoms with van der Waals surface area (Å²) >= 11 is 0. The molecule has 104 heavy (non-hydrogen) atoms. The van der Waals surface area contributed by atoms with E-state index in [1.165, 1.54) is 21.3 Å². The highest BCUT2D eigenvalue weighted by Gasteiger charge is 2.45. The normalized spacial score (nSPS) is 15.8. The molecule has 1 fully saturated rings. The van der Waals surface area contributed by atoms with Crippen molar-refractivity contribution in [2.75, 3.05) is 59.1 Å². The van der Waals surface area contributed by atoms with Crippen molar-refractivity contribution in [3.05, 3.63) is 95.6 Å². The van der Waals surface area contributed by atoms with Crippen LogP contribution in [0.1, 0.15) is 118 Å². The molecule has 3 aromatic carbocycles. The number of hydrogen-bond acceptors (Lipinski definition) is 17. The van der Waals surface area contributed by atoms with Crippen molar-refractivity contribution in [3.8, 4) is 0 Å². The van der Waals surface area contributed by atoms with E-state index in [1.807, 2.05) is 89.9 Å². The van der Waals surface area contributed by atoms with Gasteiger partial charge in [-0.05, 0) is 97.4 Å². The highest BCUT2D eigenvalue weighted by atomic mass is 19.4. The van der Waals surface area contributed by atoms with E-state index in [4.69, 9.17) is 50.2 Å². The summed E-state index contributed by atoms with van der Waals surface area (Å²) in [6, 6.07) is 17.0. The van der Waals surface area contributed by atoms with Gasteiger partial charge in [-0.3, -0.25) is 39.0 Å². The summed E-state index contributed by atoms with van der Waals surface area (Å²) < 4.78 is 86.1. The van der Waals surface area contributed by atoms with Gasteiger partial charge in [0.25, 0.3) is 0 Å². The lowest BCUT2D eigenvalue weighted by atomic mass is 9.89. The molecule has 0 aliphatic carbocycles. The zero-order valence-electron chi connectivity index (χ0n) is 61.1. The van der Waals surface area contributed by atoms with Crippen LogP contribution in [0.25, 0.3) is 0 Å². The molecule has 12 N–H and O–H groups in total. The number of hydrogen-bond donors (Lipinski definition) is 10. The Morgan fingerprint density at radius 2 is 1.25 bits per heavy atom. The summed E-state index contributed by atoms with van der Waals surface area (Å²) in [6.45, 7) is 17.8. The highest BCUT2D eigenvalue weighted by Crippen LogP contribution is 2.31. The molecule has 11 atom stereocenters. The van der Waals surface area contributed by atoms with Crippen molar-refractivity contribution in [1.82, 2.24) is 36.0 Å². The Bertz CT molecular complexity index is 3250. The number of primary amides is 1. The van der Waals surface area contributed by atoms with E-state index in [1.54, 1.807) is 80.1 Å². The first kappa shape index (κ1) is 90.9. The number of urea groups is 1. The SMILES string of the molecule is CC[C@H](C)[C@@H]([C@@H](CC(=O)N1CCC[C@H]1[C@H](OC)[C@@H](C)C(=O)N[C@@H](Cc1ccccc1)C(=O)OC)OC)N(C)C(=O)[C@@H](NC(=O)[C@H](C(C)C)N(C)Cc1cccc(NC(=O)OCc2ccc(NC(=O)[C@H](CCCNC(N)=O)NC(=O)[C@@H](N)C(C)C)cc2)c1)C(C)C.O=C(O)C(F)(F)F.O=C(O)C(F)(F)F. The molecule has 0 saturated carbocycles. The van der Waals surface area contributed by atoms with Crippen LogP contribution in [0.3, 0.4) is 0 Å². The molecule has 0 spiro atoms. The number of rotatable bonds is 35. The third-order valence-electron chi connectivity index (χ3n) is 17.3. The first-order valence-corrected chi connectivity index (χ1v) is 33.7. The highest BCUT2D eigenvalue weighted by molar-refractivity contribution is 5.98. The molecule has 0 radical (unpaired) electrons. The zero-order valence-corrected chi connectivity index (χ0v) is 61.1. The summed E-state index contributed by atoms with van der Waals surface area (Å²) in [5.41, 5.74) is 14.3. The fourth-order valence-electron chi connectivity index (χ4n) is 11.5. The smallest absolute Gasteiger partial charge is 0.475 e. The Morgan fingerprint density at radius 3 is 1.76 bits per heavy atom. The second-order valence-corrected chi connectivity index (χ2v) is 26.2. The van der Waals surface area contributed by atoms with Crippen LogP contribution < -0.4 is 43.4 Å². The topological polar surface area (TPSA) is 399 Å². The maximum absolute atomic E-state index is 14.9. The number of carboxylic acids is 2. The molecule has 0 unspecified atom stereocenters. The predicted octanol–water partition coefficient (Wildman–Crippen LogP) is 6.98. The van der Waals surface area contributed by atoms with Crippen LogP contribution in [-0.4, -0.2) is 206 Å². The predicted molar refractivity (Wildman–Crippen MR) is 371 cm³/mol. The van der Waals surface area contributed by atoms with Gasteiger partial charge in [0.2, 0.25) is 35.4 Å². The van der Waals surface area contributed by atoms with Crippen LogP contribution >= 0.6 is 0 Å². The summed E-state index contributed by atoms with van der Waals surface area (Å²) in [4.78, 5) is 144. The largest absolute Gasteiger partial charge is 0.490 e. The number of likely N-dealkylation sites (N-methyl/N-ethyl adjacent to an activating group) is 2. The van der Waals surface area contributed by atoms with Gasteiger partial charge in [-0.2, -0.15) is 26.3 Å². The van der Waals surface area contributed by atoms with Gasteiger partial charge < -0.3 is 77.0 Å². The number of carbonyl (C=O) groups excluding carboxylic acids is 9. The van der Waals surface area contributed by atoms with Crippen molar-refractivity contribution < 1.29 is 108 Å². The van der Waals surface area contributed by atoms with Gasteiger partial charge in [0, 0.05) is 58.7 Å². The van der Waals surface area contributed by atoms with Crippen LogP contribution in [-0.2, 0) is 81.7 Å². The molecule has 1 aliphatic heterocycles. The maximum Gasteiger partial charge on any atom is 0.490 e. The number of nitrogens with one attached hydrogen (secondary N) is 6. The minimum Gasteiger partial charge on any atom is -0.475 e. The van der Waals surface area contributed by atoms with Gasteiger partial charge in [0.1, 0.15) is 24.7 Å². The van der Waals surface area contributed by atoms with E-state index in [0.29, 0.717) is 55.7 Å². The molecule has 1 heterocycles. The number of esters is 1. The van der Waals surface area contributed by atoms with Crippen molar-refractivity contribution in [1.29, 1.82) is 0 Å². The molecule has 1 aliphatic rings. The van der Waals surface area contributed by atoms with Gasteiger partial charge in [-0.25, -0.2) is 24.0 Å². The maximum atomic E-state index is 14.9. The second kappa shape index (κ2) is 43.8. The number of amides is 9. The summed E-state index contributed by atoms with van der Waals surface area (Å²) in [7, 11) is 7.81. The molecular formula is C70H103F6N11O17. The fourth-order valence-corrected chi connectivity index (χ4v) is 11.5. The quantitative estimate of drug-likeness (QED) is 0.0161. The second-order valence-electron chi connectivity index (χ2n) is 26.2. The lowest BCUT2D eigenvalue weighted by molar-refractivity contribution is -0.193. The number of benzene rings is 3. The monoisotopic (exact) mass is 1480 g/mol. The minimum atomic E-state index is -5.08. The number of ether oxygens (including phenoxy) is 4. The number of anilines is 2. The molecule has 0 aromatic heterocycles. The molecular weight excluding hydrogens is 1380 g/mol. The number of nitrogens with two attached hydrogens (primary N) is 2. The Morgan fingerprint density at radius 1 is 0.673 bits per heavy atom. The Kier molecular flexibility index (Phi) is 38.3. The molecule has 0 bridgehead atoms.